The lowest BCUT2D eigenvalue weighted by atomic mass is 10.1. The minimum Gasteiger partial charge on any atom is -0.352 e. The largest absolute Gasteiger partial charge is 0.352 e. The molecule has 1 N–H and O–H groups in total. The Labute approximate surface area is 174 Å². The van der Waals surface area contributed by atoms with Crippen molar-refractivity contribution < 1.29 is 14.4 Å². The first-order chi connectivity index (χ1) is 14.5. The van der Waals surface area contributed by atoms with E-state index in [1.165, 1.54) is 0 Å². The van der Waals surface area contributed by atoms with E-state index in [4.69, 9.17) is 0 Å². The van der Waals surface area contributed by atoms with Crippen LogP contribution in [0.3, 0.4) is 0 Å². The van der Waals surface area contributed by atoms with Crippen molar-refractivity contribution >= 4 is 23.4 Å². The van der Waals surface area contributed by atoms with E-state index in [0.29, 0.717) is 28.9 Å². The van der Waals surface area contributed by atoms with Crippen molar-refractivity contribution in [3.05, 3.63) is 82.7 Å². The molecule has 2 heterocycles. The number of nitrogens with zero attached hydrogens (tertiary/aromatic N) is 3. The van der Waals surface area contributed by atoms with Crippen molar-refractivity contribution in [3.63, 3.8) is 0 Å². The Bertz CT molecular complexity index is 1110. The van der Waals surface area contributed by atoms with Gasteiger partial charge < -0.3 is 5.32 Å². The van der Waals surface area contributed by atoms with E-state index in [1.54, 1.807) is 48.5 Å². The maximum atomic E-state index is 12.7. The van der Waals surface area contributed by atoms with Crippen LogP contribution in [-0.4, -0.2) is 34.0 Å². The van der Waals surface area contributed by atoms with Gasteiger partial charge in [0.15, 0.2) is 0 Å². The molecule has 0 saturated heterocycles. The lowest BCUT2D eigenvalue weighted by Gasteiger charge is -2.15. The first kappa shape index (κ1) is 19.6. The number of carbonyl (C=O) groups is 3. The zero-order valence-electron chi connectivity index (χ0n) is 16.9. The number of hydrogen-bond acceptors (Lipinski definition) is 4. The Morgan fingerprint density at radius 3 is 2.30 bits per heavy atom. The van der Waals surface area contributed by atoms with E-state index in [0.717, 1.165) is 29.3 Å². The summed E-state index contributed by atoms with van der Waals surface area (Å²) in [6, 6.07) is 15.3. The van der Waals surface area contributed by atoms with Crippen LogP contribution in [0.2, 0.25) is 0 Å². The van der Waals surface area contributed by atoms with Crippen molar-refractivity contribution in [2.24, 2.45) is 0 Å². The van der Waals surface area contributed by atoms with E-state index in [9.17, 15) is 14.4 Å². The number of nitrogens with one attached hydrogen (secondary N) is 1. The van der Waals surface area contributed by atoms with E-state index < -0.39 is 0 Å². The first-order valence-corrected chi connectivity index (χ1v) is 9.83. The smallest absolute Gasteiger partial charge is 0.266 e. The molecular weight excluding hydrogens is 380 g/mol. The monoisotopic (exact) mass is 402 g/mol. The van der Waals surface area contributed by atoms with Crippen LogP contribution in [-0.2, 0) is 6.54 Å². The van der Waals surface area contributed by atoms with Crippen molar-refractivity contribution in [2.45, 2.75) is 26.8 Å². The fraction of sp³-hybridized carbons (Fsp3) is 0.217. The third kappa shape index (κ3) is 3.61. The second kappa shape index (κ2) is 7.94. The Hall–Kier alpha value is -3.74. The van der Waals surface area contributed by atoms with Crippen molar-refractivity contribution in [2.75, 3.05) is 11.4 Å². The number of imide groups is 1. The minimum absolute atomic E-state index is 0.248. The lowest BCUT2D eigenvalue weighted by Crippen LogP contribution is -2.30. The predicted molar refractivity (Wildman–Crippen MR) is 113 cm³/mol. The highest BCUT2D eigenvalue weighted by atomic mass is 16.2. The molecule has 1 aliphatic rings. The van der Waals surface area contributed by atoms with Gasteiger partial charge in [-0.15, -0.1) is 0 Å². The number of aromatic nitrogens is 2. The quantitative estimate of drug-likeness (QED) is 0.507. The Balaban J connectivity index is 1.41. The Morgan fingerprint density at radius 1 is 0.967 bits per heavy atom. The highest BCUT2D eigenvalue weighted by Crippen LogP contribution is 2.28. The fourth-order valence-electron chi connectivity index (χ4n) is 3.64. The highest BCUT2D eigenvalue weighted by molar-refractivity contribution is 6.34. The average Bonchev–Trinajstić information content (AvgIpc) is 3.20. The van der Waals surface area contributed by atoms with Crippen LogP contribution in [0.15, 0.2) is 54.6 Å². The number of aryl methyl sites for hydroxylation is 3. The van der Waals surface area contributed by atoms with Crippen LogP contribution in [0.25, 0.3) is 0 Å². The summed E-state index contributed by atoms with van der Waals surface area (Å²) in [5, 5.41) is 7.29. The summed E-state index contributed by atoms with van der Waals surface area (Å²) in [7, 11) is 0. The molecule has 30 heavy (non-hydrogen) atoms. The number of carbonyl (C=O) groups excluding carboxylic acids is 3. The number of anilines is 1. The normalized spacial score (nSPS) is 12.9. The zero-order chi connectivity index (χ0) is 21.3. The molecule has 3 amide bonds. The van der Waals surface area contributed by atoms with Crippen molar-refractivity contribution in [3.8, 4) is 0 Å². The third-order valence-electron chi connectivity index (χ3n) is 5.10. The van der Waals surface area contributed by atoms with Crippen LogP contribution < -0.4 is 10.2 Å². The van der Waals surface area contributed by atoms with Gasteiger partial charge in [-0.1, -0.05) is 18.2 Å². The third-order valence-corrected chi connectivity index (χ3v) is 5.10. The number of amides is 3. The summed E-state index contributed by atoms with van der Waals surface area (Å²) in [5.41, 5.74) is 3.60. The van der Waals surface area contributed by atoms with Gasteiger partial charge in [-0.05, 0) is 56.7 Å². The highest BCUT2D eigenvalue weighted by Gasteiger charge is 2.36. The number of benzene rings is 2. The molecule has 0 bridgehead atoms. The number of fused-ring (bicyclic) bond motifs is 1. The van der Waals surface area contributed by atoms with Gasteiger partial charge in [0, 0.05) is 24.3 Å². The summed E-state index contributed by atoms with van der Waals surface area (Å²) in [4.78, 5) is 39.0. The average molecular weight is 402 g/mol. The van der Waals surface area contributed by atoms with Gasteiger partial charge in [-0.3, -0.25) is 19.1 Å². The Kier molecular flexibility index (Phi) is 5.18. The molecule has 0 radical (unpaired) electrons. The molecule has 0 aliphatic carbocycles. The first-order valence-electron chi connectivity index (χ1n) is 9.83. The molecule has 7 nitrogen and oxygen atoms in total. The molecule has 0 fully saturated rings. The molecule has 1 aromatic heterocycles. The molecule has 2 aromatic carbocycles. The lowest BCUT2D eigenvalue weighted by molar-refractivity contribution is 0.0919. The molecule has 1 aliphatic heterocycles. The summed E-state index contributed by atoms with van der Waals surface area (Å²) >= 11 is 0. The molecule has 0 saturated carbocycles. The van der Waals surface area contributed by atoms with E-state index >= 15 is 0 Å². The predicted octanol–water partition coefficient (Wildman–Crippen LogP) is 3.12. The minimum atomic E-state index is -0.377. The number of rotatable bonds is 6. The fourth-order valence-corrected chi connectivity index (χ4v) is 3.64. The zero-order valence-corrected chi connectivity index (χ0v) is 16.9. The van der Waals surface area contributed by atoms with Gasteiger partial charge in [0.05, 0.1) is 22.5 Å². The van der Waals surface area contributed by atoms with E-state index in [-0.39, 0.29) is 17.7 Å². The summed E-state index contributed by atoms with van der Waals surface area (Å²) in [5.74, 6) is -1.00. The van der Waals surface area contributed by atoms with Crippen LogP contribution in [0.1, 0.15) is 48.9 Å². The molecule has 0 spiro atoms. The molecule has 7 heteroatoms. The van der Waals surface area contributed by atoms with Gasteiger partial charge in [0.1, 0.15) is 0 Å². The molecule has 152 valence electrons. The second-order valence-electron chi connectivity index (χ2n) is 7.30. The van der Waals surface area contributed by atoms with Gasteiger partial charge in [0.25, 0.3) is 17.7 Å². The Morgan fingerprint density at radius 2 is 1.67 bits per heavy atom. The van der Waals surface area contributed by atoms with Crippen LogP contribution in [0.5, 0.6) is 0 Å². The van der Waals surface area contributed by atoms with Gasteiger partial charge in [-0.25, -0.2) is 4.90 Å². The van der Waals surface area contributed by atoms with Gasteiger partial charge >= 0.3 is 0 Å². The summed E-state index contributed by atoms with van der Waals surface area (Å²) in [6.07, 6.45) is 0.742. The molecule has 3 aromatic rings. The maximum Gasteiger partial charge on any atom is 0.266 e. The SMILES string of the molecule is Cc1cc(C)n(CCCNC(=O)c2cccc(N3C(=O)c4ccccc4C3=O)c2)n1. The van der Waals surface area contributed by atoms with E-state index in [2.05, 4.69) is 10.4 Å². The van der Waals surface area contributed by atoms with Crippen molar-refractivity contribution in [1.82, 2.24) is 15.1 Å². The molecular formula is C23H22N4O3. The number of hydrogen-bond donors (Lipinski definition) is 1. The summed E-state index contributed by atoms with van der Waals surface area (Å²) in [6.45, 7) is 5.17. The summed E-state index contributed by atoms with van der Waals surface area (Å²) < 4.78 is 1.92. The molecule has 4 rings (SSSR count). The van der Waals surface area contributed by atoms with Gasteiger partial charge in [-0.2, -0.15) is 5.10 Å². The topological polar surface area (TPSA) is 84.3 Å². The second-order valence-corrected chi connectivity index (χ2v) is 7.30. The maximum absolute atomic E-state index is 12.7. The standard InChI is InChI=1S/C23H22N4O3/c1-15-13-16(2)26(25-15)12-6-11-24-21(28)17-7-5-8-18(14-17)27-22(29)19-9-3-4-10-20(19)23(27)30/h3-5,7-10,13-14H,6,11-12H2,1-2H3,(H,24,28). The van der Waals surface area contributed by atoms with E-state index in [1.807, 2.05) is 24.6 Å². The molecule has 0 atom stereocenters. The van der Waals surface area contributed by atoms with Crippen molar-refractivity contribution in [1.29, 1.82) is 0 Å². The van der Waals surface area contributed by atoms with Crippen LogP contribution in [0.4, 0.5) is 5.69 Å². The van der Waals surface area contributed by atoms with Gasteiger partial charge in [0.2, 0.25) is 0 Å². The van der Waals surface area contributed by atoms with Crippen LogP contribution in [0, 0.1) is 13.8 Å². The molecule has 0 unspecified atom stereocenters. The van der Waals surface area contributed by atoms with Crippen LogP contribution >= 0.6 is 0 Å².